The maximum atomic E-state index is 5.87. The van der Waals surface area contributed by atoms with Crippen molar-refractivity contribution in [3.63, 3.8) is 0 Å². The fraction of sp³-hybridized carbons (Fsp3) is 0.857. The maximum absolute atomic E-state index is 5.87. The summed E-state index contributed by atoms with van der Waals surface area (Å²) in [5.41, 5.74) is 6.79. The Balaban J connectivity index is 4.21. The van der Waals surface area contributed by atoms with Crippen LogP contribution in [0, 0.1) is 0 Å². The van der Waals surface area contributed by atoms with Crippen molar-refractivity contribution in [2.45, 2.75) is 79.1 Å². The molecule has 0 spiro atoms. The Hall–Kier alpha value is -0.515. The molecule has 0 aliphatic rings. The van der Waals surface area contributed by atoms with Crippen LogP contribution in [-0.4, -0.2) is 25.6 Å². The molecule has 0 aliphatic carbocycles. The topological polar surface area (TPSA) is 53.7 Å². The van der Waals surface area contributed by atoms with Crippen LogP contribution in [0.1, 0.15) is 60.8 Å². The minimum atomic E-state index is -0.615. The first-order valence-corrected chi connectivity index (χ1v) is 7.26. The number of hydrogen-bond donors (Lipinski definition) is 1. The lowest BCUT2D eigenvalue weighted by Crippen LogP contribution is -2.35. The fourth-order valence-electron chi connectivity index (χ4n) is 1.49. The van der Waals surface area contributed by atoms with Crippen molar-refractivity contribution < 1.29 is 14.0 Å². The molecular weight excluding hydrogens is 241 g/mol. The fourth-order valence-corrected chi connectivity index (χ4v) is 1.49. The second-order valence-electron chi connectivity index (χ2n) is 5.37. The van der Waals surface area contributed by atoms with E-state index in [1.165, 1.54) is 0 Å². The summed E-state index contributed by atoms with van der Waals surface area (Å²) >= 11 is 0. The predicted molar refractivity (Wildman–Crippen MR) is 80.5 cm³/mol. The van der Waals surface area contributed by atoms with Gasteiger partial charge in [-0.2, -0.15) is 0 Å². The summed E-state index contributed by atoms with van der Waals surface area (Å²) in [5, 5.41) is 0. The Kier molecular flexibility index (Phi) is 10.0. The molecule has 4 nitrogen and oxygen atoms in total. The Morgan fingerprint density at radius 1 is 1.05 bits per heavy atom. The first kappa shape index (κ1) is 18.5. The highest BCUT2D eigenvalue weighted by molar-refractivity contribution is 6.36. The Bertz CT molecular complexity index is 247. The molecular formula is C14H30BNO3. The van der Waals surface area contributed by atoms with Gasteiger partial charge in [0.15, 0.2) is 0 Å². The van der Waals surface area contributed by atoms with Gasteiger partial charge in [0, 0.05) is 24.0 Å². The summed E-state index contributed by atoms with van der Waals surface area (Å²) in [6.07, 6.45) is 4.93. The van der Waals surface area contributed by atoms with E-state index in [9.17, 15) is 0 Å². The molecule has 0 aliphatic heterocycles. The molecule has 0 amide bonds. The minimum absolute atomic E-state index is 0.0120. The lowest BCUT2D eigenvalue weighted by Gasteiger charge is -2.21. The molecule has 0 fully saturated rings. The van der Waals surface area contributed by atoms with Gasteiger partial charge in [-0.15, -0.1) is 0 Å². The maximum Gasteiger partial charge on any atom is 0.639 e. The first-order valence-electron chi connectivity index (χ1n) is 7.26. The molecule has 2 N–H and O–H groups in total. The lowest BCUT2D eigenvalue weighted by molar-refractivity contribution is 0.0297. The van der Waals surface area contributed by atoms with Gasteiger partial charge >= 0.3 is 7.32 Å². The summed E-state index contributed by atoms with van der Waals surface area (Å²) in [5.74, 6) is 0. The van der Waals surface area contributed by atoms with Crippen LogP contribution in [-0.2, 0) is 14.0 Å². The van der Waals surface area contributed by atoms with Crippen molar-refractivity contribution in [1.29, 1.82) is 0 Å². The zero-order chi connectivity index (χ0) is 14.8. The van der Waals surface area contributed by atoms with Gasteiger partial charge in [-0.05, 0) is 47.5 Å². The quantitative estimate of drug-likeness (QED) is 0.620. The summed E-state index contributed by atoms with van der Waals surface area (Å²) < 4.78 is 16.9. The van der Waals surface area contributed by atoms with E-state index in [1.54, 1.807) is 0 Å². The van der Waals surface area contributed by atoms with Crippen LogP contribution in [0.3, 0.4) is 0 Å². The van der Waals surface area contributed by atoms with Gasteiger partial charge in [0.1, 0.15) is 0 Å². The van der Waals surface area contributed by atoms with E-state index in [0.29, 0.717) is 0 Å². The summed E-state index contributed by atoms with van der Waals surface area (Å²) in [4.78, 5) is 0. The van der Waals surface area contributed by atoms with Gasteiger partial charge in [-0.1, -0.05) is 19.4 Å². The van der Waals surface area contributed by atoms with Crippen molar-refractivity contribution in [3.8, 4) is 0 Å². The summed E-state index contributed by atoms with van der Waals surface area (Å²) in [6, 6.07) is 0. The van der Waals surface area contributed by atoms with Gasteiger partial charge in [0.05, 0.1) is 0 Å². The molecule has 0 aromatic heterocycles. The van der Waals surface area contributed by atoms with E-state index in [-0.39, 0.29) is 18.3 Å². The van der Waals surface area contributed by atoms with Gasteiger partial charge in [0.2, 0.25) is 0 Å². The molecule has 0 aromatic carbocycles. The minimum Gasteiger partial charge on any atom is -0.402 e. The van der Waals surface area contributed by atoms with E-state index in [1.807, 2.05) is 40.7 Å². The zero-order valence-corrected chi connectivity index (χ0v) is 13.3. The van der Waals surface area contributed by atoms with Crippen molar-refractivity contribution in [2.24, 2.45) is 5.73 Å². The monoisotopic (exact) mass is 271 g/mol. The smallest absolute Gasteiger partial charge is 0.402 e. The van der Waals surface area contributed by atoms with Crippen molar-refractivity contribution >= 4 is 7.32 Å². The number of allylic oxidation sites excluding steroid dienone is 1. The third-order valence-corrected chi connectivity index (χ3v) is 2.36. The van der Waals surface area contributed by atoms with Gasteiger partial charge < -0.3 is 19.7 Å². The summed E-state index contributed by atoms with van der Waals surface area (Å²) in [7, 11) is -0.615. The highest BCUT2D eigenvalue weighted by Crippen LogP contribution is 2.09. The average molecular weight is 271 g/mol. The van der Waals surface area contributed by atoms with E-state index < -0.39 is 7.32 Å². The van der Waals surface area contributed by atoms with E-state index >= 15 is 0 Å². The highest BCUT2D eigenvalue weighted by atomic mass is 16.7. The van der Waals surface area contributed by atoms with Gasteiger partial charge in [-0.25, -0.2) is 0 Å². The molecule has 0 aromatic rings. The first-order chi connectivity index (χ1) is 8.85. The predicted octanol–water partition coefficient (Wildman–Crippen LogP) is 3.26. The molecule has 1 unspecified atom stereocenters. The van der Waals surface area contributed by atoms with Crippen LogP contribution in [0.2, 0.25) is 0 Å². The Morgan fingerprint density at radius 3 is 2.00 bits per heavy atom. The summed E-state index contributed by atoms with van der Waals surface area (Å²) in [6.45, 7) is 12.0. The van der Waals surface area contributed by atoms with E-state index in [0.717, 1.165) is 25.0 Å². The normalized spacial score (nSPS) is 14.2. The standard InChI is InChI=1S/C14H30BNO3/c1-7-8-14(16)10-9-13(6)19-15(17-11(2)3)18-12(4)5/h10-13H,7-9,16H2,1-6H3/b14-10-. The van der Waals surface area contributed by atoms with E-state index in [2.05, 4.69) is 6.92 Å². The molecule has 0 bridgehead atoms. The third kappa shape index (κ3) is 11.0. The van der Waals surface area contributed by atoms with Crippen LogP contribution < -0.4 is 5.73 Å². The molecule has 0 radical (unpaired) electrons. The van der Waals surface area contributed by atoms with Crippen LogP contribution in [0.4, 0.5) is 0 Å². The van der Waals surface area contributed by atoms with Crippen molar-refractivity contribution in [2.75, 3.05) is 0 Å². The Labute approximate surface area is 118 Å². The molecule has 19 heavy (non-hydrogen) atoms. The van der Waals surface area contributed by atoms with Crippen LogP contribution in [0.15, 0.2) is 11.8 Å². The second-order valence-corrected chi connectivity index (χ2v) is 5.37. The number of rotatable bonds is 10. The van der Waals surface area contributed by atoms with E-state index in [4.69, 9.17) is 19.7 Å². The third-order valence-electron chi connectivity index (χ3n) is 2.36. The molecule has 0 rings (SSSR count). The zero-order valence-electron chi connectivity index (χ0n) is 13.3. The molecule has 0 saturated heterocycles. The van der Waals surface area contributed by atoms with Gasteiger partial charge in [0.25, 0.3) is 0 Å². The number of hydrogen-bond acceptors (Lipinski definition) is 4. The molecule has 0 heterocycles. The van der Waals surface area contributed by atoms with Crippen molar-refractivity contribution in [3.05, 3.63) is 11.8 Å². The highest BCUT2D eigenvalue weighted by Gasteiger charge is 2.26. The second kappa shape index (κ2) is 10.3. The average Bonchev–Trinajstić information content (AvgIpc) is 2.24. The Morgan fingerprint density at radius 2 is 1.58 bits per heavy atom. The van der Waals surface area contributed by atoms with Crippen LogP contribution in [0.25, 0.3) is 0 Å². The molecule has 0 saturated carbocycles. The largest absolute Gasteiger partial charge is 0.639 e. The number of nitrogens with two attached hydrogens (primary N) is 1. The van der Waals surface area contributed by atoms with Crippen molar-refractivity contribution in [1.82, 2.24) is 0 Å². The molecule has 112 valence electrons. The molecule has 5 heteroatoms. The van der Waals surface area contributed by atoms with Crippen LogP contribution in [0.5, 0.6) is 0 Å². The molecule has 1 atom stereocenters. The van der Waals surface area contributed by atoms with Crippen LogP contribution >= 0.6 is 0 Å². The SMILES string of the molecule is CCC/C(N)=C/CC(C)OB(OC(C)C)OC(C)C. The van der Waals surface area contributed by atoms with Gasteiger partial charge in [-0.3, -0.25) is 0 Å². The lowest BCUT2D eigenvalue weighted by atomic mass is 10.1.